The Morgan fingerprint density at radius 3 is 2.44 bits per heavy atom. The third-order valence-electron chi connectivity index (χ3n) is 5.95. The minimum Gasteiger partial charge on any atom is -0.435 e. The minimum atomic E-state index is -3.60. The van der Waals surface area contributed by atoms with Gasteiger partial charge in [-0.1, -0.05) is 0 Å². The van der Waals surface area contributed by atoms with Crippen LogP contribution in [0.2, 0.25) is 0 Å². The summed E-state index contributed by atoms with van der Waals surface area (Å²) in [5, 5.41) is 0. The first-order valence-electron chi connectivity index (χ1n) is 9.25. The molecular formula is C18H24F2N2O4S. The van der Waals surface area contributed by atoms with Gasteiger partial charge in [0.15, 0.2) is 0 Å². The van der Waals surface area contributed by atoms with E-state index in [4.69, 9.17) is 4.74 Å². The average molecular weight is 402 g/mol. The lowest BCUT2D eigenvalue weighted by Crippen LogP contribution is -2.57. The summed E-state index contributed by atoms with van der Waals surface area (Å²) in [5.74, 6) is -0.0480. The number of benzene rings is 1. The lowest BCUT2D eigenvalue weighted by atomic mass is 9.80. The summed E-state index contributed by atoms with van der Waals surface area (Å²) in [5.41, 5.74) is 0.0781. The van der Waals surface area contributed by atoms with E-state index in [0.29, 0.717) is 19.1 Å². The summed E-state index contributed by atoms with van der Waals surface area (Å²) in [6.07, 6.45) is 3.18. The molecule has 2 aliphatic heterocycles. The molecule has 27 heavy (non-hydrogen) atoms. The quantitative estimate of drug-likeness (QED) is 0.756. The van der Waals surface area contributed by atoms with Crippen LogP contribution in [0.3, 0.4) is 0 Å². The van der Waals surface area contributed by atoms with Crippen molar-refractivity contribution in [1.82, 2.24) is 9.21 Å². The summed E-state index contributed by atoms with van der Waals surface area (Å²) >= 11 is 0. The molecule has 4 rings (SSSR count). The first-order valence-corrected chi connectivity index (χ1v) is 10.7. The molecule has 1 aromatic rings. The third-order valence-corrected chi connectivity index (χ3v) is 7.75. The first kappa shape index (κ1) is 19.0. The van der Waals surface area contributed by atoms with Crippen LogP contribution in [0.1, 0.15) is 19.3 Å². The zero-order chi connectivity index (χ0) is 19.1. The molecule has 3 fully saturated rings. The van der Waals surface area contributed by atoms with Crippen LogP contribution in [0, 0.1) is 5.41 Å². The fourth-order valence-electron chi connectivity index (χ4n) is 4.53. The number of alkyl halides is 2. The van der Waals surface area contributed by atoms with Gasteiger partial charge in [-0.15, -0.1) is 0 Å². The van der Waals surface area contributed by atoms with Crippen molar-refractivity contribution >= 4 is 10.0 Å². The average Bonchev–Trinajstić information content (AvgIpc) is 3.07. The van der Waals surface area contributed by atoms with E-state index in [9.17, 15) is 17.2 Å². The van der Waals surface area contributed by atoms with E-state index in [1.54, 1.807) is 0 Å². The zero-order valence-corrected chi connectivity index (χ0v) is 15.8. The first-order chi connectivity index (χ1) is 12.9. The predicted octanol–water partition coefficient (Wildman–Crippen LogP) is 2.16. The molecule has 9 heteroatoms. The van der Waals surface area contributed by atoms with E-state index in [-0.39, 0.29) is 16.1 Å². The summed E-state index contributed by atoms with van der Waals surface area (Å²) in [7, 11) is -3.60. The molecule has 1 aromatic carbocycles. The van der Waals surface area contributed by atoms with Crippen molar-refractivity contribution in [2.24, 2.45) is 5.41 Å². The van der Waals surface area contributed by atoms with E-state index in [0.717, 1.165) is 45.6 Å². The number of rotatable bonds is 5. The van der Waals surface area contributed by atoms with Crippen LogP contribution in [0.5, 0.6) is 5.75 Å². The van der Waals surface area contributed by atoms with Gasteiger partial charge in [0, 0.05) is 32.2 Å². The smallest absolute Gasteiger partial charge is 0.387 e. The number of nitrogens with zero attached hydrogens (tertiary/aromatic N) is 2. The summed E-state index contributed by atoms with van der Waals surface area (Å²) in [6.45, 7) is 1.59. The van der Waals surface area contributed by atoms with E-state index >= 15 is 0 Å². The largest absolute Gasteiger partial charge is 0.435 e. The monoisotopic (exact) mass is 402 g/mol. The summed E-state index contributed by atoms with van der Waals surface area (Å²) in [4.78, 5) is 2.58. The van der Waals surface area contributed by atoms with Crippen molar-refractivity contribution in [1.29, 1.82) is 0 Å². The van der Waals surface area contributed by atoms with Gasteiger partial charge in [0.05, 0.1) is 18.1 Å². The highest BCUT2D eigenvalue weighted by Crippen LogP contribution is 2.48. The standard InChI is InChI=1S/C18H24F2N2O4S/c19-17(20)26-15-1-3-16(4-2-15)27(23,24)22-12-18(13-22)6-5-14(11-18)21-7-9-25-10-8-21/h1-4,14,17H,5-13H2. The fourth-order valence-corrected chi connectivity index (χ4v) is 6.20. The van der Waals surface area contributed by atoms with E-state index in [1.165, 1.54) is 28.6 Å². The number of halogens is 2. The van der Waals surface area contributed by atoms with E-state index < -0.39 is 16.6 Å². The molecule has 3 aliphatic rings. The van der Waals surface area contributed by atoms with Crippen molar-refractivity contribution in [2.75, 3.05) is 39.4 Å². The molecule has 0 aromatic heterocycles. The Bertz CT molecular complexity index is 760. The molecule has 150 valence electrons. The molecule has 0 bridgehead atoms. The maximum Gasteiger partial charge on any atom is 0.387 e. The second-order valence-electron chi connectivity index (χ2n) is 7.67. The Morgan fingerprint density at radius 1 is 1.15 bits per heavy atom. The lowest BCUT2D eigenvalue weighted by molar-refractivity contribution is -0.0498. The van der Waals surface area contributed by atoms with Crippen molar-refractivity contribution in [3.05, 3.63) is 24.3 Å². The van der Waals surface area contributed by atoms with Crippen LogP contribution >= 0.6 is 0 Å². The Balaban J connectivity index is 1.37. The maximum atomic E-state index is 12.8. The SMILES string of the molecule is O=S(=O)(c1ccc(OC(F)F)cc1)N1CC2(CCC(N3CCOCC3)C2)C1. The highest BCUT2D eigenvalue weighted by Gasteiger charge is 2.52. The second-order valence-corrected chi connectivity index (χ2v) is 9.61. The van der Waals surface area contributed by atoms with Gasteiger partial charge in [-0.2, -0.15) is 13.1 Å². The number of ether oxygens (including phenoxy) is 2. The van der Waals surface area contributed by atoms with Crippen molar-refractivity contribution in [2.45, 2.75) is 36.8 Å². The van der Waals surface area contributed by atoms with Gasteiger partial charge in [-0.05, 0) is 48.9 Å². The van der Waals surface area contributed by atoms with Crippen LogP contribution in [-0.4, -0.2) is 69.7 Å². The van der Waals surface area contributed by atoms with Gasteiger partial charge in [0.1, 0.15) is 5.75 Å². The molecule has 0 radical (unpaired) electrons. The lowest BCUT2D eigenvalue weighted by Gasteiger charge is -2.47. The number of morpholine rings is 1. The van der Waals surface area contributed by atoms with Crippen LogP contribution < -0.4 is 4.74 Å². The maximum absolute atomic E-state index is 12.8. The minimum absolute atomic E-state index is 0.0480. The molecule has 1 saturated carbocycles. The number of hydrogen-bond donors (Lipinski definition) is 0. The van der Waals surface area contributed by atoms with Crippen LogP contribution in [0.25, 0.3) is 0 Å². The summed E-state index contributed by atoms with van der Waals surface area (Å²) in [6, 6.07) is 5.69. The van der Waals surface area contributed by atoms with Gasteiger partial charge in [0.2, 0.25) is 10.0 Å². The van der Waals surface area contributed by atoms with Crippen molar-refractivity contribution in [3.8, 4) is 5.75 Å². The molecule has 0 N–H and O–H groups in total. The highest BCUT2D eigenvalue weighted by atomic mass is 32.2. The van der Waals surface area contributed by atoms with Gasteiger partial charge in [-0.3, -0.25) is 4.90 Å². The molecule has 2 heterocycles. The van der Waals surface area contributed by atoms with Crippen molar-refractivity contribution in [3.63, 3.8) is 0 Å². The Labute approximate surface area is 158 Å². The van der Waals surface area contributed by atoms with Gasteiger partial charge in [-0.25, -0.2) is 8.42 Å². The number of sulfonamides is 1. The topological polar surface area (TPSA) is 59.1 Å². The Kier molecular flexibility index (Phi) is 5.13. The Morgan fingerprint density at radius 2 is 1.81 bits per heavy atom. The molecule has 6 nitrogen and oxygen atoms in total. The summed E-state index contributed by atoms with van der Waals surface area (Å²) < 4.78 is 61.2. The molecular weight excluding hydrogens is 378 g/mol. The predicted molar refractivity (Wildman–Crippen MR) is 94.3 cm³/mol. The van der Waals surface area contributed by atoms with Gasteiger partial charge in [0.25, 0.3) is 0 Å². The van der Waals surface area contributed by atoms with Crippen LogP contribution in [0.4, 0.5) is 8.78 Å². The van der Waals surface area contributed by atoms with Crippen LogP contribution in [-0.2, 0) is 14.8 Å². The number of hydrogen-bond acceptors (Lipinski definition) is 5. The fraction of sp³-hybridized carbons (Fsp3) is 0.667. The molecule has 2 saturated heterocycles. The highest BCUT2D eigenvalue weighted by molar-refractivity contribution is 7.89. The van der Waals surface area contributed by atoms with Gasteiger partial charge >= 0.3 is 6.61 Å². The van der Waals surface area contributed by atoms with E-state index in [2.05, 4.69) is 9.64 Å². The van der Waals surface area contributed by atoms with Gasteiger partial charge < -0.3 is 9.47 Å². The third kappa shape index (κ3) is 3.83. The second kappa shape index (κ2) is 7.27. The molecule has 1 unspecified atom stereocenters. The normalized spacial score (nSPS) is 26.4. The Hall–Kier alpha value is -1.29. The zero-order valence-electron chi connectivity index (χ0n) is 15.0. The van der Waals surface area contributed by atoms with Crippen molar-refractivity contribution < 1.29 is 26.7 Å². The molecule has 1 atom stereocenters. The molecule has 1 aliphatic carbocycles. The van der Waals surface area contributed by atoms with E-state index in [1.807, 2.05) is 0 Å². The molecule has 1 spiro atoms. The molecule has 0 amide bonds. The van der Waals surface area contributed by atoms with Crippen LogP contribution in [0.15, 0.2) is 29.2 Å².